The smallest absolute Gasteiger partial charge is 0.261 e. The fourth-order valence-corrected chi connectivity index (χ4v) is 5.08. The number of benzene rings is 3. The summed E-state index contributed by atoms with van der Waals surface area (Å²) in [6.45, 7) is 3.85. The maximum absolute atomic E-state index is 13.4. The van der Waals surface area contributed by atoms with Crippen molar-refractivity contribution in [3.05, 3.63) is 106 Å². The summed E-state index contributed by atoms with van der Waals surface area (Å²) in [5.74, 6) is 0.907. The van der Waals surface area contributed by atoms with Gasteiger partial charge in [-0.15, -0.1) is 11.3 Å². The van der Waals surface area contributed by atoms with E-state index in [1.165, 1.54) is 23.5 Å². The zero-order chi connectivity index (χ0) is 25.9. The number of amides is 1. The second-order valence-electron chi connectivity index (χ2n) is 8.76. The summed E-state index contributed by atoms with van der Waals surface area (Å²) < 4.78 is 27.0. The van der Waals surface area contributed by atoms with Crippen LogP contribution in [0.4, 0.5) is 4.39 Å². The van der Waals surface area contributed by atoms with E-state index >= 15 is 0 Å². The van der Waals surface area contributed by atoms with Crippen LogP contribution in [-0.2, 0) is 0 Å². The Hall–Kier alpha value is -4.17. The predicted molar refractivity (Wildman–Crippen MR) is 143 cm³/mol. The van der Waals surface area contributed by atoms with Gasteiger partial charge in [0.05, 0.1) is 35.4 Å². The van der Waals surface area contributed by atoms with Crippen molar-refractivity contribution in [1.29, 1.82) is 0 Å². The molecule has 37 heavy (non-hydrogen) atoms. The summed E-state index contributed by atoms with van der Waals surface area (Å²) in [6.07, 6.45) is 1.26. The fourth-order valence-electron chi connectivity index (χ4n) is 4.25. The number of hydrogen-bond acceptors (Lipinski definition) is 5. The average Bonchev–Trinajstić information content (AvgIpc) is 3.53. The number of aryl methyl sites for hydroxylation is 1. The van der Waals surface area contributed by atoms with Crippen LogP contribution in [0.15, 0.2) is 84.4 Å². The van der Waals surface area contributed by atoms with E-state index in [4.69, 9.17) is 9.47 Å². The number of halogens is 1. The molecular formula is C29H26FN3O3S. The van der Waals surface area contributed by atoms with Crippen LogP contribution in [0.2, 0.25) is 0 Å². The molecule has 3 aromatic carbocycles. The number of thiophene rings is 1. The molecule has 6 nitrogen and oxygen atoms in total. The summed E-state index contributed by atoms with van der Waals surface area (Å²) in [4.78, 5) is 13.7. The second-order valence-corrected chi connectivity index (χ2v) is 9.68. The van der Waals surface area contributed by atoms with E-state index in [1.807, 2.05) is 67.8 Å². The first-order valence-corrected chi connectivity index (χ1v) is 12.7. The molecule has 0 saturated carbocycles. The molecule has 0 radical (unpaired) electrons. The number of fused-ring (bicyclic) bond motifs is 1. The molecule has 0 spiro atoms. The van der Waals surface area contributed by atoms with Gasteiger partial charge in [0.25, 0.3) is 5.91 Å². The molecule has 5 rings (SSSR count). The molecule has 2 heterocycles. The minimum absolute atomic E-state index is 0.132. The van der Waals surface area contributed by atoms with Gasteiger partial charge in [0.15, 0.2) is 0 Å². The van der Waals surface area contributed by atoms with E-state index in [9.17, 15) is 9.18 Å². The van der Waals surface area contributed by atoms with E-state index in [0.717, 1.165) is 27.7 Å². The molecule has 1 amide bonds. The first kappa shape index (κ1) is 24.5. The van der Waals surface area contributed by atoms with Gasteiger partial charge >= 0.3 is 0 Å². The number of nitrogens with one attached hydrogen (secondary N) is 1. The van der Waals surface area contributed by atoms with Crippen LogP contribution in [0, 0.1) is 12.7 Å². The molecule has 0 aliphatic rings. The first-order chi connectivity index (χ1) is 17.9. The van der Waals surface area contributed by atoms with E-state index in [-0.39, 0.29) is 17.8 Å². The minimum Gasteiger partial charge on any atom is -0.497 e. The molecule has 188 valence electrons. The molecule has 2 unspecified atom stereocenters. The van der Waals surface area contributed by atoms with Gasteiger partial charge < -0.3 is 14.8 Å². The maximum atomic E-state index is 13.4. The summed E-state index contributed by atoms with van der Waals surface area (Å²) in [7, 11) is 1.62. The number of aromatic nitrogens is 2. The summed E-state index contributed by atoms with van der Waals surface area (Å²) in [5.41, 5.74) is 3.44. The number of hydrogen-bond donors (Lipinski definition) is 1. The van der Waals surface area contributed by atoms with Crippen LogP contribution >= 0.6 is 11.3 Å². The lowest BCUT2D eigenvalue weighted by Crippen LogP contribution is -2.39. The van der Waals surface area contributed by atoms with Gasteiger partial charge in [0.1, 0.15) is 23.4 Å². The van der Waals surface area contributed by atoms with E-state index in [0.29, 0.717) is 16.4 Å². The highest BCUT2D eigenvalue weighted by Crippen LogP contribution is 2.31. The Morgan fingerprint density at radius 3 is 2.59 bits per heavy atom. The van der Waals surface area contributed by atoms with Crippen molar-refractivity contribution in [3.63, 3.8) is 0 Å². The van der Waals surface area contributed by atoms with Gasteiger partial charge in [0, 0.05) is 5.39 Å². The van der Waals surface area contributed by atoms with Crippen molar-refractivity contribution in [3.8, 4) is 17.2 Å². The number of ether oxygens (including phenoxy) is 2. The fraction of sp³-hybridized carbons (Fsp3) is 0.172. The van der Waals surface area contributed by atoms with Crippen LogP contribution < -0.4 is 14.8 Å². The van der Waals surface area contributed by atoms with E-state index in [2.05, 4.69) is 10.4 Å². The summed E-state index contributed by atoms with van der Waals surface area (Å²) in [6, 6.07) is 21.1. The molecule has 1 N–H and O–H groups in total. The molecule has 8 heteroatoms. The van der Waals surface area contributed by atoms with Crippen LogP contribution in [0.3, 0.4) is 0 Å². The van der Waals surface area contributed by atoms with Gasteiger partial charge in [-0.2, -0.15) is 5.10 Å². The molecule has 2 atom stereocenters. The Morgan fingerprint density at radius 1 is 1.05 bits per heavy atom. The first-order valence-electron chi connectivity index (χ1n) is 11.8. The SMILES string of the molecule is COc1cccc(C(Oc2ccc3c(cnn3-c3ccc(F)cc3)c2)C(C)NC(=O)c2sccc2C)c1. The highest BCUT2D eigenvalue weighted by molar-refractivity contribution is 7.12. The Kier molecular flexibility index (Phi) is 6.92. The third-order valence-electron chi connectivity index (χ3n) is 6.18. The molecular weight excluding hydrogens is 489 g/mol. The molecule has 0 saturated heterocycles. The van der Waals surface area contributed by atoms with Crippen LogP contribution in [0.1, 0.15) is 33.8 Å². The number of carbonyl (C=O) groups excluding carboxylic acids is 1. The largest absolute Gasteiger partial charge is 0.497 e. The number of carbonyl (C=O) groups is 1. The maximum Gasteiger partial charge on any atom is 0.261 e. The third kappa shape index (κ3) is 5.20. The van der Waals surface area contributed by atoms with Crippen molar-refractivity contribution >= 4 is 28.1 Å². The van der Waals surface area contributed by atoms with Crippen molar-refractivity contribution in [2.24, 2.45) is 0 Å². The molecule has 2 aromatic heterocycles. The third-order valence-corrected chi connectivity index (χ3v) is 7.19. The Bertz CT molecular complexity index is 1540. The van der Waals surface area contributed by atoms with Crippen LogP contribution in [0.5, 0.6) is 11.5 Å². The van der Waals surface area contributed by atoms with Crippen LogP contribution in [0.25, 0.3) is 16.6 Å². The molecule has 0 fully saturated rings. The van der Waals surface area contributed by atoms with Crippen molar-refractivity contribution in [2.45, 2.75) is 26.0 Å². The summed E-state index contributed by atoms with van der Waals surface area (Å²) in [5, 5.41) is 10.4. The Morgan fingerprint density at radius 2 is 1.86 bits per heavy atom. The lowest BCUT2D eigenvalue weighted by atomic mass is 10.0. The summed E-state index contributed by atoms with van der Waals surface area (Å²) >= 11 is 1.42. The van der Waals surface area contributed by atoms with Gasteiger partial charge in [-0.05, 0) is 91.0 Å². The van der Waals surface area contributed by atoms with E-state index < -0.39 is 6.10 Å². The van der Waals surface area contributed by atoms with Gasteiger partial charge in [0.2, 0.25) is 0 Å². The zero-order valence-corrected chi connectivity index (χ0v) is 21.5. The Labute approximate surface area is 218 Å². The van der Waals surface area contributed by atoms with Gasteiger partial charge in [-0.1, -0.05) is 12.1 Å². The molecule has 0 aliphatic heterocycles. The highest BCUT2D eigenvalue weighted by Gasteiger charge is 2.25. The normalized spacial score (nSPS) is 12.8. The van der Waals surface area contributed by atoms with Crippen molar-refractivity contribution in [1.82, 2.24) is 15.1 Å². The second kappa shape index (κ2) is 10.4. The van der Waals surface area contributed by atoms with Crippen molar-refractivity contribution < 1.29 is 18.7 Å². The average molecular weight is 516 g/mol. The molecule has 0 bridgehead atoms. The van der Waals surface area contributed by atoms with Gasteiger partial charge in [-0.25, -0.2) is 9.07 Å². The minimum atomic E-state index is -0.482. The molecule has 0 aliphatic carbocycles. The highest BCUT2D eigenvalue weighted by atomic mass is 32.1. The zero-order valence-electron chi connectivity index (χ0n) is 20.6. The number of rotatable bonds is 8. The molecule has 5 aromatic rings. The lowest BCUT2D eigenvalue weighted by Gasteiger charge is -2.27. The predicted octanol–water partition coefficient (Wildman–Crippen LogP) is 6.48. The standard InChI is InChI=1S/C29H26FN3O3S/c1-18-13-14-37-28(18)29(34)32-19(2)27(20-5-4-6-24(15-20)35-3)36-25-11-12-26-21(16-25)17-31-33(26)23-9-7-22(30)8-10-23/h4-17,19,27H,1-3H3,(H,32,34). The Balaban J connectivity index is 1.45. The lowest BCUT2D eigenvalue weighted by molar-refractivity contribution is 0.0885. The quantitative estimate of drug-likeness (QED) is 0.257. The number of methoxy groups -OCH3 is 1. The number of nitrogens with zero attached hydrogens (tertiary/aromatic N) is 2. The topological polar surface area (TPSA) is 65.4 Å². The van der Waals surface area contributed by atoms with Crippen molar-refractivity contribution in [2.75, 3.05) is 7.11 Å². The van der Waals surface area contributed by atoms with E-state index in [1.54, 1.807) is 30.1 Å². The van der Waals surface area contributed by atoms with Gasteiger partial charge in [-0.3, -0.25) is 4.79 Å². The monoisotopic (exact) mass is 515 g/mol. The van der Waals surface area contributed by atoms with Crippen LogP contribution in [-0.4, -0.2) is 28.8 Å².